The third-order valence-corrected chi connectivity index (χ3v) is 8.97. The van der Waals surface area contributed by atoms with Crippen LogP contribution in [0, 0.1) is 0 Å². The van der Waals surface area contributed by atoms with Crippen LogP contribution in [0.5, 0.6) is 0 Å². The first-order valence-corrected chi connectivity index (χ1v) is 19.2. The van der Waals surface area contributed by atoms with Crippen molar-refractivity contribution in [2.45, 2.75) is 192 Å². The largest absolute Gasteiger partial charge is 0.394 e. The fourth-order valence-electron chi connectivity index (χ4n) is 5.79. The average Bonchev–Trinajstić information content (AvgIpc) is 3.08. The highest BCUT2D eigenvalue weighted by molar-refractivity contribution is 5.76. The number of ether oxygens (including phenoxy) is 2. The number of amides is 1. The van der Waals surface area contributed by atoms with E-state index in [4.69, 9.17) is 9.47 Å². The van der Waals surface area contributed by atoms with Gasteiger partial charge in [-0.15, -0.1) is 0 Å². The van der Waals surface area contributed by atoms with Gasteiger partial charge in [-0.25, -0.2) is 0 Å². The van der Waals surface area contributed by atoms with Gasteiger partial charge in [-0.1, -0.05) is 140 Å². The van der Waals surface area contributed by atoms with Crippen LogP contribution in [0.25, 0.3) is 0 Å². The van der Waals surface area contributed by atoms with Crippen molar-refractivity contribution in [1.82, 2.24) is 5.32 Å². The summed E-state index contributed by atoms with van der Waals surface area (Å²) < 4.78 is 11.1. The predicted molar refractivity (Wildman–Crippen MR) is 193 cm³/mol. The number of unbranched alkanes of at least 4 members (excludes halogenated alkanes) is 16. The van der Waals surface area contributed by atoms with Crippen LogP contribution in [0.15, 0.2) is 36.5 Å². The number of carbonyl (C=O) groups excluding carboxylic acids is 1. The molecule has 1 fully saturated rings. The van der Waals surface area contributed by atoms with E-state index in [2.05, 4.69) is 37.4 Å². The summed E-state index contributed by atoms with van der Waals surface area (Å²) in [5.74, 6) is -0.247. The van der Waals surface area contributed by atoms with Gasteiger partial charge in [0.2, 0.25) is 5.91 Å². The first-order valence-electron chi connectivity index (χ1n) is 19.2. The zero-order chi connectivity index (χ0) is 35.2. The molecule has 0 radical (unpaired) electrons. The Morgan fingerprint density at radius 2 is 1.23 bits per heavy atom. The Balaban J connectivity index is 2.52. The smallest absolute Gasteiger partial charge is 0.220 e. The molecule has 1 rings (SSSR count). The van der Waals surface area contributed by atoms with Crippen LogP contribution in [0.3, 0.4) is 0 Å². The second-order valence-electron chi connectivity index (χ2n) is 13.4. The summed E-state index contributed by atoms with van der Waals surface area (Å²) in [6.45, 7) is 3.68. The van der Waals surface area contributed by atoms with Crippen LogP contribution < -0.4 is 5.32 Å². The fraction of sp³-hybridized carbons (Fsp3) is 0.821. The van der Waals surface area contributed by atoms with Crippen molar-refractivity contribution >= 4 is 5.91 Å². The van der Waals surface area contributed by atoms with Crippen LogP contribution in [0.2, 0.25) is 0 Å². The minimum absolute atomic E-state index is 0.211. The Bertz CT molecular complexity index is 848. The standard InChI is InChI=1S/C39H71NO8/c1-3-5-7-9-11-13-15-17-19-21-23-25-27-29-35(43)40-32(31-47-39-38(46)37(45)36(44)34(30-41)48-39)33(42)28-26-24-22-20-18-16-14-12-10-8-6-4-2/h17,19,23,25-26,28,32-34,36-39,41-42,44-46H,3-16,18,20-22,24,27,29-31H2,1-2H3,(H,40,43)/b19-17-,25-23-,28-26+. The Labute approximate surface area is 291 Å². The molecule has 1 aliphatic rings. The first kappa shape index (κ1) is 44.4. The van der Waals surface area contributed by atoms with Gasteiger partial charge in [-0.3, -0.25) is 4.79 Å². The van der Waals surface area contributed by atoms with Crippen molar-refractivity contribution in [2.24, 2.45) is 0 Å². The van der Waals surface area contributed by atoms with Crippen molar-refractivity contribution in [1.29, 1.82) is 0 Å². The Morgan fingerprint density at radius 3 is 1.79 bits per heavy atom. The van der Waals surface area contributed by atoms with Crippen LogP contribution in [0.1, 0.15) is 149 Å². The van der Waals surface area contributed by atoms with E-state index in [1.807, 2.05) is 12.2 Å². The molecule has 1 saturated heterocycles. The summed E-state index contributed by atoms with van der Waals surface area (Å²) in [4.78, 5) is 12.8. The summed E-state index contributed by atoms with van der Waals surface area (Å²) in [7, 11) is 0. The van der Waals surface area contributed by atoms with Crippen LogP contribution >= 0.6 is 0 Å². The van der Waals surface area contributed by atoms with Gasteiger partial charge in [0.25, 0.3) is 0 Å². The van der Waals surface area contributed by atoms with Crippen molar-refractivity contribution in [3.63, 3.8) is 0 Å². The molecule has 9 heteroatoms. The molecule has 0 spiro atoms. The number of aliphatic hydroxyl groups excluding tert-OH is 5. The third kappa shape index (κ3) is 21.5. The number of carbonyl (C=O) groups is 1. The number of hydrogen-bond acceptors (Lipinski definition) is 8. The van der Waals surface area contributed by atoms with Gasteiger partial charge in [0, 0.05) is 6.42 Å². The van der Waals surface area contributed by atoms with E-state index in [0.717, 1.165) is 32.1 Å². The van der Waals surface area contributed by atoms with E-state index in [1.165, 1.54) is 89.9 Å². The third-order valence-electron chi connectivity index (χ3n) is 8.97. The molecule has 1 amide bonds. The van der Waals surface area contributed by atoms with E-state index >= 15 is 0 Å². The highest BCUT2D eigenvalue weighted by Gasteiger charge is 2.44. The Hall–Kier alpha value is -1.59. The molecule has 0 aromatic carbocycles. The van der Waals surface area contributed by atoms with Gasteiger partial charge in [-0.2, -0.15) is 0 Å². The molecule has 7 unspecified atom stereocenters. The van der Waals surface area contributed by atoms with E-state index in [9.17, 15) is 30.3 Å². The topological polar surface area (TPSA) is 149 Å². The van der Waals surface area contributed by atoms with Gasteiger partial charge in [0.15, 0.2) is 6.29 Å². The lowest BCUT2D eigenvalue weighted by Crippen LogP contribution is -2.60. The minimum Gasteiger partial charge on any atom is -0.394 e. The van der Waals surface area contributed by atoms with E-state index in [-0.39, 0.29) is 18.9 Å². The van der Waals surface area contributed by atoms with Crippen LogP contribution in [-0.4, -0.2) is 87.5 Å². The highest BCUT2D eigenvalue weighted by atomic mass is 16.7. The second-order valence-corrected chi connectivity index (χ2v) is 13.4. The van der Waals surface area contributed by atoms with Crippen LogP contribution in [0.4, 0.5) is 0 Å². The molecule has 280 valence electrons. The molecule has 9 nitrogen and oxygen atoms in total. The SMILES string of the molecule is CCCCCCCC/C=C\C/C=C\CCC(=O)NC(COC1OC(CO)C(O)C(O)C1O)C(O)/C=C/CCCCCCCCCCCC. The normalized spacial score (nSPS) is 23.0. The molecular weight excluding hydrogens is 610 g/mol. The quantitative estimate of drug-likeness (QED) is 0.0370. The molecule has 0 aliphatic carbocycles. The molecule has 7 atom stereocenters. The van der Waals surface area contributed by atoms with Crippen molar-refractivity contribution in [2.75, 3.05) is 13.2 Å². The average molecular weight is 682 g/mol. The lowest BCUT2D eigenvalue weighted by Gasteiger charge is -2.40. The summed E-state index contributed by atoms with van der Waals surface area (Å²) in [5, 5.41) is 53.8. The fourth-order valence-corrected chi connectivity index (χ4v) is 5.79. The molecule has 0 aromatic rings. The molecule has 1 aliphatic heterocycles. The van der Waals surface area contributed by atoms with E-state index in [1.54, 1.807) is 6.08 Å². The zero-order valence-electron chi connectivity index (χ0n) is 30.2. The van der Waals surface area contributed by atoms with Crippen LogP contribution in [-0.2, 0) is 14.3 Å². The maximum absolute atomic E-state index is 12.8. The Kier molecular flexibility index (Phi) is 28.0. The molecule has 0 bridgehead atoms. The molecule has 0 aromatic heterocycles. The van der Waals surface area contributed by atoms with Gasteiger partial charge < -0.3 is 40.3 Å². The minimum atomic E-state index is -1.57. The molecule has 6 N–H and O–H groups in total. The van der Waals surface area contributed by atoms with Crippen molar-refractivity contribution < 1.29 is 39.8 Å². The number of rotatable bonds is 30. The summed E-state index contributed by atoms with van der Waals surface area (Å²) in [6, 6.07) is -0.831. The maximum Gasteiger partial charge on any atom is 0.220 e. The van der Waals surface area contributed by atoms with E-state index < -0.39 is 49.5 Å². The van der Waals surface area contributed by atoms with E-state index in [0.29, 0.717) is 6.42 Å². The highest BCUT2D eigenvalue weighted by Crippen LogP contribution is 2.22. The number of nitrogens with one attached hydrogen (secondary N) is 1. The lowest BCUT2D eigenvalue weighted by atomic mass is 9.99. The summed E-state index contributed by atoms with van der Waals surface area (Å²) >= 11 is 0. The van der Waals surface area contributed by atoms with Gasteiger partial charge >= 0.3 is 0 Å². The zero-order valence-corrected chi connectivity index (χ0v) is 30.2. The number of allylic oxidation sites excluding steroid dienone is 5. The molecule has 1 heterocycles. The maximum atomic E-state index is 12.8. The number of aliphatic hydroxyl groups is 5. The van der Waals surface area contributed by atoms with Crippen molar-refractivity contribution in [3.05, 3.63) is 36.5 Å². The monoisotopic (exact) mass is 682 g/mol. The predicted octanol–water partition coefficient (Wildman–Crippen LogP) is 6.55. The summed E-state index contributed by atoms with van der Waals surface area (Å²) in [6.07, 6.45) is 27.7. The van der Waals surface area contributed by atoms with Gasteiger partial charge in [0.1, 0.15) is 24.4 Å². The Morgan fingerprint density at radius 1 is 0.708 bits per heavy atom. The van der Waals surface area contributed by atoms with Gasteiger partial charge in [-0.05, 0) is 38.5 Å². The molecular formula is C39H71NO8. The second kappa shape index (κ2) is 30.3. The van der Waals surface area contributed by atoms with Gasteiger partial charge in [0.05, 0.1) is 25.4 Å². The number of hydrogen-bond donors (Lipinski definition) is 6. The molecule has 48 heavy (non-hydrogen) atoms. The lowest BCUT2D eigenvalue weighted by molar-refractivity contribution is -0.302. The summed E-state index contributed by atoms with van der Waals surface area (Å²) in [5.41, 5.74) is 0. The molecule has 0 saturated carbocycles. The first-order chi connectivity index (χ1) is 23.3. The van der Waals surface area contributed by atoms with Crippen molar-refractivity contribution in [3.8, 4) is 0 Å².